The number of carbonyl (C=O) groups excluding carboxylic acids is 2. The highest BCUT2D eigenvalue weighted by Gasteiger charge is 2.28. The van der Waals surface area contributed by atoms with Crippen LogP contribution in [-0.2, 0) is 9.53 Å². The van der Waals surface area contributed by atoms with Gasteiger partial charge in [0, 0.05) is 31.4 Å². The van der Waals surface area contributed by atoms with E-state index in [4.69, 9.17) is 4.74 Å². The second kappa shape index (κ2) is 8.66. The molecule has 0 spiro atoms. The van der Waals surface area contributed by atoms with Crippen LogP contribution in [0.4, 0.5) is 4.79 Å². The molecule has 0 unspecified atom stereocenters. The highest BCUT2D eigenvalue weighted by Crippen LogP contribution is 2.20. The summed E-state index contributed by atoms with van der Waals surface area (Å²) >= 11 is 0. The lowest BCUT2D eigenvalue weighted by atomic mass is 9.95. The molecule has 0 saturated carbocycles. The maximum absolute atomic E-state index is 12.4. The Labute approximate surface area is 143 Å². The lowest BCUT2D eigenvalue weighted by Gasteiger charge is -2.31. The van der Waals surface area contributed by atoms with Crippen molar-refractivity contribution in [3.8, 4) is 0 Å². The van der Waals surface area contributed by atoms with E-state index in [2.05, 4.69) is 10.3 Å². The van der Waals surface area contributed by atoms with Gasteiger partial charge in [0.2, 0.25) is 5.91 Å². The zero-order chi connectivity index (χ0) is 17.5. The number of nitrogens with one attached hydrogen (secondary N) is 1. The van der Waals surface area contributed by atoms with E-state index >= 15 is 0 Å². The minimum Gasteiger partial charge on any atom is -0.449 e. The van der Waals surface area contributed by atoms with Gasteiger partial charge in [0.15, 0.2) is 0 Å². The predicted molar refractivity (Wildman–Crippen MR) is 91.3 cm³/mol. The van der Waals surface area contributed by atoms with E-state index in [0.29, 0.717) is 38.5 Å². The Bertz CT molecular complexity index is 540. The lowest BCUT2D eigenvalue weighted by molar-refractivity contribution is -0.127. The minimum atomic E-state index is -0.271. The van der Waals surface area contributed by atoms with Gasteiger partial charge < -0.3 is 15.0 Å². The fourth-order valence-corrected chi connectivity index (χ4v) is 2.72. The van der Waals surface area contributed by atoms with Gasteiger partial charge in [0.1, 0.15) is 0 Å². The van der Waals surface area contributed by atoms with Crippen molar-refractivity contribution in [3.63, 3.8) is 0 Å². The summed E-state index contributed by atoms with van der Waals surface area (Å²) in [5.41, 5.74) is 1.04. The monoisotopic (exact) mass is 333 g/mol. The van der Waals surface area contributed by atoms with Crippen LogP contribution in [0, 0.1) is 11.8 Å². The van der Waals surface area contributed by atoms with Crippen LogP contribution in [0.2, 0.25) is 0 Å². The van der Waals surface area contributed by atoms with Gasteiger partial charge in [-0.3, -0.25) is 9.78 Å². The normalized spacial score (nSPS) is 16.8. The molecule has 1 atom stereocenters. The predicted octanol–water partition coefficient (Wildman–Crippen LogP) is 2.76. The van der Waals surface area contributed by atoms with Gasteiger partial charge in [-0.1, -0.05) is 13.8 Å². The summed E-state index contributed by atoms with van der Waals surface area (Å²) < 4.78 is 5.24. The highest BCUT2D eigenvalue weighted by atomic mass is 16.6. The highest BCUT2D eigenvalue weighted by molar-refractivity contribution is 5.79. The number of rotatable bonds is 5. The van der Waals surface area contributed by atoms with Gasteiger partial charge in [-0.25, -0.2) is 4.79 Å². The molecule has 132 valence electrons. The number of pyridine rings is 1. The van der Waals surface area contributed by atoms with E-state index in [0.717, 1.165) is 5.56 Å². The molecule has 2 rings (SSSR count). The second-order valence-electron chi connectivity index (χ2n) is 6.74. The molecular weight excluding hydrogens is 306 g/mol. The van der Waals surface area contributed by atoms with Crippen LogP contribution in [0.15, 0.2) is 24.5 Å². The quantitative estimate of drug-likeness (QED) is 0.899. The second-order valence-corrected chi connectivity index (χ2v) is 6.74. The molecule has 0 aliphatic carbocycles. The molecule has 1 aliphatic heterocycles. The molecule has 6 heteroatoms. The third kappa shape index (κ3) is 5.22. The molecule has 2 amide bonds. The summed E-state index contributed by atoms with van der Waals surface area (Å²) in [4.78, 5) is 30.0. The van der Waals surface area contributed by atoms with Crippen molar-refractivity contribution in [2.75, 3.05) is 19.7 Å². The van der Waals surface area contributed by atoms with E-state index in [-0.39, 0.29) is 24.0 Å². The molecule has 24 heavy (non-hydrogen) atoms. The molecule has 0 radical (unpaired) electrons. The SMILES string of the molecule is CC(C)COC(=O)N1CCC(C(=O)N[C@@H](C)c2ccncc2)CC1. The molecule has 1 saturated heterocycles. The molecule has 1 N–H and O–H groups in total. The smallest absolute Gasteiger partial charge is 0.409 e. The average Bonchev–Trinajstić information content (AvgIpc) is 2.60. The van der Waals surface area contributed by atoms with Crippen LogP contribution in [0.3, 0.4) is 0 Å². The van der Waals surface area contributed by atoms with Gasteiger partial charge in [-0.15, -0.1) is 0 Å². The zero-order valence-electron chi connectivity index (χ0n) is 14.7. The third-order valence-corrected chi connectivity index (χ3v) is 4.23. The molecule has 1 aliphatic rings. The first-order valence-electron chi connectivity index (χ1n) is 8.59. The molecule has 1 fully saturated rings. The number of hydrogen-bond acceptors (Lipinski definition) is 4. The van der Waals surface area contributed by atoms with E-state index in [9.17, 15) is 9.59 Å². The maximum atomic E-state index is 12.4. The summed E-state index contributed by atoms with van der Waals surface area (Å²) in [6, 6.07) is 3.76. The Morgan fingerprint density at radius 1 is 1.25 bits per heavy atom. The van der Waals surface area contributed by atoms with Gasteiger partial charge in [0.25, 0.3) is 0 Å². The van der Waals surface area contributed by atoms with Gasteiger partial charge in [-0.2, -0.15) is 0 Å². The number of ether oxygens (including phenoxy) is 1. The van der Waals surface area contributed by atoms with Crippen molar-refractivity contribution in [2.45, 2.75) is 39.7 Å². The Hall–Kier alpha value is -2.11. The van der Waals surface area contributed by atoms with Crippen LogP contribution in [0.5, 0.6) is 0 Å². The molecule has 1 aromatic heterocycles. The van der Waals surface area contributed by atoms with Crippen LogP contribution >= 0.6 is 0 Å². The molecular formula is C18H27N3O3. The number of amides is 2. The van der Waals surface area contributed by atoms with Crippen LogP contribution < -0.4 is 5.32 Å². The first kappa shape index (κ1) is 18.2. The van der Waals surface area contributed by atoms with E-state index in [1.165, 1.54) is 0 Å². The van der Waals surface area contributed by atoms with Crippen LogP contribution in [0.1, 0.15) is 45.2 Å². The van der Waals surface area contributed by atoms with Crippen molar-refractivity contribution in [2.24, 2.45) is 11.8 Å². The van der Waals surface area contributed by atoms with Crippen molar-refractivity contribution in [3.05, 3.63) is 30.1 Å². The van der Waals surface area contributed by atoms with E-state index < -0.39 is 0 Å². The Morgan fingerprint density at radius 2 is 1.88 bits per heavy atom. The first-order valence-corrected chi connectivity index (χ1v) is 8.59. The molecule has 0 bridgehead atoms. The van der Waals surface area contributed by atoms with Crippen molar-refractivity contribution in [1.29, 1.82) is 0 Å². The standard InChI is InChI=1S/C18H27N3O3/c1-13(2)12-24-18(23)21-10-6-16(7-11-21)17(22)20-14(3)15-4-8-19-9-5-15/h4-5,8-9,13-14,16H,6-7,10-12H2,1-3H3,(H,20,22)/t14-/m0/s1. The maximum Gasteiger partial charge on any atom is 0.409 e. The number of carbonyl (C=O) groups is 2. The number of nitrogens with zero attached hydrogens (tertiary/aromatic N) is 2. The summed E-state index contributed by atoms with van der Waals surface area (Å²) in [7, 11) is 0. The largest absolute Gasteiger partial charge is 0.449 e. The zero-order valence-corrected chi connectivity index (χ0v) is 14.7. The van der Waals surface area contributed by atoms with E-state index in [1.807, 2.05) is 32.9 Å². The van der Waals surface area contributed by atoms with Gasteiger partial charge >= 0.3 is 6.09 Å². The minimum absolute atomic E-state index is 0.0467. The van der Waals surface area contributed by atoms with Crippen molar-refractivity contribution < 1.29 is 14.3 Å². The van der Waals surface area contributed by atoms with Crippen molar-refractivity contribution >= 4 is 12.0 Å². The number of piperidine rings is 1. The fourth-order valence-electron chi connectivity index (χ4n) is 2.72. The summed E-state index contributed by atoms with van der Waals surface area (Å²) in [6.45, 7) is 7.55. The van der Waals surface area contributed by atoms with Gasteiger partial charge in [0.05, 0.1) is 12.6 Å². The Kier molecular flexibility index (Phi) is 6.58. The summed E-state index contributed by atoms with van der Waals surface area (Å²) in [5, 5.41) is 3.05. The molecule has 0 aromatic carbocycles. The number of likely N-dealkylation sites (tertiary alicyclic amines) is 1. The molecule has 2 heterocycles. The third-order valence-electron chi connectivity index (χ3n) is 4.23. The number of hydrogen-bond donors (Lipinski definition) is 1. The molecule has 6 nitrogen and oxygen atoms in total. The van der Waals surface area contributed by atoms with Crippen LogP contribution in [0.25, 0.3) is 0 Å². The average molecular weight is 333 g/mol. The lowest BCUT2D eigenvalue weighted by Crippen LogP contribution is -2.43. The fraction of sp³-hybridized carbons (Fsp3) is 0.611. The molecule has 1 aromatic rings. The number of aromatic nitrogens is 1. The van der Waals surface area contributed by atoms with Crippen molar-refractivity contribution in [1.82, 2.24) is 15.2 Å². The van der Waals surface area contributed by atoms with Gasteiger partial charge in [-0.05, 0) is 43.4 Å². The summed E-state index contributed by atoms with van der Waals surface area (Å²) in [5.74, 6) is 0.324. The van der Waals surface area contributed by atoms with E-state index in [1.54, 1.807) is 17.3 Å². The topological polar surface area (TPSA) is 71.5 Å². The summed E-state index contributed by atoms with van der Waals surface area (Å²) in [6.07, 6.45) is 4.52. The Balaban J connectivity index is 1.77. The Morgan fingerprint density at radius 3 is 2.46 bits per heavy atom. The first-order chi connectivity index (χ1) is 11.5. The van der Waals surface area contributed by atoms with Crippen LogP contribution in [-0.4, -0.2) is 41.6 Å².